The molecule has 1 aliphatic rings. The third-order valence-corrected chi connectivity index (χ3v) is 5.76. The van der Waals surface area contributed by atoms with Crippen LogP contribution in [0.15, 0.2) is 35.7 Å². The van der Waals surface area contributed by atoms with Crippen molar-refractivity contribution in [2.75, 3.05) is 44.7 Å². The van der Waals surface area contributed by atoms with Crippen LogP contribution in [0.5, 0.6) is 0 Å². The summed E-state index contributed by atoms with van der Waals surface area (Å²) in [7, 11) is 1.63. The third kappa shape index (κ3) is 3.99. The molecule has 0 bridgehead atoms. The molecule has 0 amide bonds. The number of nitrogens with zero attached hydrogens (tertiary/aromatic N) is 4. The van der Waals surface area contributed by atoms with Crippen molar-refractivity contribution in [1.29, 1.82) is 0 Å². The number of hydrogen-bond acceptors (Lipinski definition) is 6. The summed E-state index contributed by atoms with van der Waals surface area (Å²) in [6, 6.07) is 10.2. The maximum atomic E-state index is 12.7. The van der Waals surface area contributed by atoms with Crippen LogP contribution < -0.4 is 4.90 Å². The van der Waals surface area contributed by atoms with Gasteiger partial charge in [0.1, 0.15) is 17.3 Å². The molecule has 0 unspecified atom stereocenters. The highest BCUT2D eigenvalue weighted by atomic mass is 32.1. The largest absolute Gasteiger partial charge is 0.377 e. The normalized spacial score (nSPS) is 15.6. The molecule has 0 atom stereocenters. The van der Waals surface area contributed by atoms with Crippen LogP contribution in [0, 0.1) is 0 Å². The average molecular weight is 404 g/mol. The Hall–Kier alpha value is -2.16. The molecule has 1 saturated heterocycles. The molecule has 0 N–H and O–H groups in total. The van der Waals surface area contributed by atoms with E-state index in [0.29, 0.717) is 38.6 Å². The minimum atomic E-state index is -2.30. The summed E-state index contributed by atoms with van der Waals surface area (Å²) >= 11 is 1.59. The number of ether oxygens (including phenoxy) is 1. The fourth-order valence-electron chi connectivity index (χ4n) is 3.56. The van der Waals surface area contributed by atoms with Gasteiger partial charge in [0.15, 0.2) is 5.82 Å². The van der Waals surface area contributed by atoms with E-state index >= 15 is 0 Å². The predicted molar refractivity (Wildman–Crippen MR) is 108 cm³/mol. The summed E-state index contributed by atoms with van der Waals surface area (Å²) in [6.45, 7) is 2.69. The van der Waals surface area contributed by atoms with Crippen molar-refractivity contribution < 1.29 is 13.5 Å². The minimum Gasteiger partial charge on any atom is -0.377 e. The van der Waals surface area contributed by atoms with Crippen LogP contribution in [0.3, 0.4) is 0 Å². The second-order valence-electron chi connectivity index (χ2n) is 6.77. The van der Waals surface area contributed by atoms with E-state index in [1.807, 2.05) is 18.2 Å². The van der Waals surface area contributed by atoms with E-state index in [4.69, 9.17) is 9.72 Å². The lowest BCUT2D eigenvalue weighted by Crippen LogP contribution is -2.48. The van der Waals surface area contributed by atoms with Crippen molar-refractivity contribution in [3.63, 3.8) is 0 Å². The van der Waals surface area contributed by atoms with Crippen molar-refractivity contribution >= 4 is 27.4 Å². The molecule has 8 heteroatoms. The molecule has 3 aromatic rings. The monoisotopic (exact) mass is 404 g/mol. The van der Waals surface area contributed by atoms with Gasteiger partial charge in [0.05, 0.1) is 11.9 Å². The lowest BCUT2D eigenvalue weighted by Gasteiger charge is -2.35. The number of aromatic nitrogens is 2. The second kappa shape index (κ2) is 8.46. The number of benzene rings is 1. The van der Waals surface area contributed by atoms with E-state index in [9.17, 15) is 8.78 Å². The predicted octanol–water partition coefficient (Wildman–Crippen LogP) is 3.89. The standard InChI is InChI=1S/C20H22F2N4OS/c1-27-12-17-23-19(26-9-7-25(8-10-26)11-16(21)22)18-15(13-28-20(18)24-17)14-5-3-2-4-6-14/h2-6,13,16H,7-12H2,1H3. The number of fused-ring (bicyclic) bond motifs is 1. The summed E-state index contributed by atoms with van der Waals surface area (Å²) in [4.78, 5) is 14.4. The van der Waals surface area contributed by atoms with E-state index in [1.54, 1.807) is 23.3 Å². The first-order valence-corrected chi connectivity index (χ1v) is 10.1. The Morgan fingerprint density at radius 3 is 2.54 bits per heavy atom. The molecule has 28 heavy (non-hydrogen) atoms. The Labute approximate surface area is 166 Å². The van der Waals surface area contributed by atoms with E-state index < -0.39 is 6.43 Å². The Morgan fingerprint density at radius 2 is 1.86 bits per heavy atom. The molecule has 0 saturated carbocycles. The second-order valence-corrected chi connectivity index (χ2v) is 7.63. The van der Waals surface area contributed by atoms with Crippen molar-refractivity contribution in [2.45, 2.75) is 13.0 Å². The zero-order chi connectivity index (χ0) is 19.5. The zero-order valence-electron chi connectivity index (χ0n) is 15.6. The van der Waals surface area contributed by atoms with Crippen LogP contribution in [0.1, 0.15) is 5.82 Å². The Kier molecular flexibility index (Phi) is 5.79. The first kappa shape index (κ1) is 19.2. The third-order valence-electron chi connectivity index (χ3n) is 4.89. The molecular weight excluding hydrogens is 382 g/mol. The van der Waals surface area contributed by atoms with Crippen molar-refractivity contribution in [2.24, 2.45) is 0 Å². The molecule has 3 heterocycles. The number of thiophene rings is 1. The van der Waals surface area contributed by atoms with Gasteiger partial charge >= 0.3 is 0 Å². The van der Waals surface area contributed by atoms with Gasteiger partial charge in [-0.05, 0) is 5.56 Å². The maximum Gasteiger partial charge on any atom is 0.251 e. The van der Waals surface area contributed by atoms with Crippen LogP contribution in [0.25, 0.3) is 21.3 Å². The summed E-state index contributed by atoms with van der Waals surface area (Å²) in [5.41, 5.74) is 2.23. The Balaban J connectivity index is 1.72. The van der Waals surface area contributed by atoms with Gasteiger partial charge < -0.3 is 9.64 Å². The summed E-state index contributed by atoms with van der Waals surface area (Å²) < 4.78 is 30.6. The SMILES string of the molecule is COCc1nc(N2CCN(CC(F)F)CC2)c2c(-c3ccccc3)csc2n1. The lowest BCUT2D eigenvalue weighted by molar-refractivity contribution is 0.0854. The molecule has 1 aliphatic heterocycles. The molecule has 5 nitrogen and oxygen atoms in total. The van der Waals surface area contributed by atoms with Crippen LogP contribution in [0.4, 0.5) is 14.6 Å². The van der Waals surface area contributed by atoms with E-state index in [1.165, 1.54) is 0 Å². The number of anilines is 1. The Bertz CT molecular complexity index is 927. The van der Waals surface area contributed by atoms with Gasteiger partial charge in [-0.1, -0.05) is 30.3 Å². The lowest BCUT2D eigenvalue weighted by atomic mass is 10.1. The highest BCUT2D eigenvalue weighted by Gasteiger charge is 2.24. The van der Waals surface area contributed by atoms with Crippen LogP contribution in [-0.4, -0.2) is 61.1 Å². The number of piperazine rings is 1. The number of alkyl halides is 2. The molecule has 0 aliphatic carbocycles. The topological polar surface area (TPSA) is 41.5 Å². The van der Waals surface area contributed by atoms with Crippen LogP contribution in [0.2, 0.25) is 0 Å². The molecule has 4 rings (SSSR count). The molecule has 1 fully saturated rings. The van der Waals surface area contributed by atoms with Crippen LogP contribution in [-0.2, 0) is 11.3 Å². The first-order chi connectivity index (χ1) is 13.7. The van der Waals surface area contributed by atoms with Gasteiger partial charge in [0, 0.05) is 44.2 Å². The molecule has 0 spiro atoms. The van der Waals surface area contributed by atoms with Gasteiger partial charge in [0.2, 0.25) is 0 Å². The molecule has 2 aromatic heterocycles. The summed E-state index contributed by atoms with van der Waals surface area (Å²) in [6.07, 6.45) is -2.30. The van der Waals surface area contributed by atoms with Gasteiger partial charge in [-0.15, -0.1) is 11.3 Å². The number of methoxy groups -OCH3 is 1. The van der Waals surface area contributed by atoms with E-state index in [2.05, 4.69) is 27.4 Å². The first-order valence-electron chi connectivity index (χ1n) is 9.23. The molecule has 148 valence electrons. The van der Waals surface area contributed by atoms with E-state index in [0.717, 1.165) is 27.2 Å². The van der Waals surface area contributed by atoms with E-state index in [-0.39, 0.29) is 6.54 Å². The van der Waals surface area contributed by atoms with Gasteiger partial charge in [-0.2, -0.15) is 0 Å². The van der Waals surface area contributed by atoms with Gasteiger partial charge in [0.25, 0.3) is 6.43 Å². The average Bonchev–Trinajstić information content (AvgIpc) is 3.12. The molecule has 0 radical (unpaired) electrons. The van der Waals surface area contributed by atoms with Crippen LogP contribution >= 0.6 is 11.3 Å². The smallest absolute Gasteiger partial charge is 0.251 e. The Morgan fingerprint density at radius 1 is 1.11 bits per heavy atom. The quantitative estimate of drug-likeness (QED) is 0.624. The fourth-order valence-corrected chi connectivity index (χ4v) is 4.52. The number of halogens is 2. The molecular formula is C20H22F2N4OS. The van der Waals surface area contributed by atoms with Gasteiger partial charge in [-0.25, -0.2) is 18.7 Å². The highest BCUT2D eigenvalue weighted by Crippen LogP contribution is 2.38. The number of hydrogen-bond donors (Lipinski definition) is 0. The van der Waals surface area contributed by atoms with Crippen molar-refractivity contribution in [3.05, 3.63) is 41.5 Å². The van der Waals surface area contributed by atoms with Crippen molar-refractivity contribution in [3.8, 4) is 11.1 Å². The maximum absolute atomic E-state index is 12.7. The van der Waals surface area contributed by atoms with Crippen molar-refractivity contribution in [1.82, 2.24) is 14.9 Å². The fraction of sp³-hybridized carbons (Fsp3) is 0.400. The summed E-state index contributed by atoms with van der Waals surface area (Å²) in [5.74, 6) is 1.51. The zero-order valence-corrected chi connectivity index (χ0v) is 16.5. The van der Waals surface area contributed by atoms with Gasteiger partial charge in [-0.3, -0.25) is 4.90 Å². The number of rotatable bonds is 6. The molecule has 1 aromatic carbocycles. The highest BCUT2D eigenvalue weighted by molar-refractivity contribution is 7.17. The minimum absolute atomic E-state index is 0.171. The summed E-state index contributed by atoms with van der Waals surface area (Å²) in [5, 5.41) is 3.14.